The van der Waals surface area contributed by atoms with Crippen molar-refractivity contribution in [1.82, 2.24) is 0 Å². The van der Waals surface area contributed by atoms with Gasteiger partial charge >= 0.3 is 0 Å². The lowest BCUT2D eigenvalue weighted by Gasteiger charge is -2.20. The molecule has 0 N–H and O–H groups in total. The fraction of sp³-hybridized carbons (Fsp3) is 0.385. The number of hydrogen-bond donors (Lipinski definition) is 0. The Kier molecular flexibility index (Phi) is 5.97. The molecule has 0 aromatic heterocycles. The number of rotatable bonds is 7. The van der Waals surface area contributed by atoms with E-state index in [1.165, 1.54) is 0 Å². The highest BCUT2D eigenvalue weighted by atomic mass is 28.2. The Morgan fingerprint density at radius 1 is 1.35 bits per heavy atom. The predicted molar refractivity (Wildman–Crippen MR) is 72.3 cm³/mol. The highest BCUT2D eigenvalue weighted by Crippen LogP contribution is 2.13. The molecule has 3 nitrogen and oxygen atoms in total. The Labute approximate surface area is 106 Å². The Hall–Kier alpha value is -1.10. The summed E-state index contributed by atoms with van der Waals surface area (Å²) in [5.41, 5.74) is 1.11. The monoisotopic (exact) mass is 252 g/mol. The smallest absolute Gasteiger partial charge is 0.146 e. The molecule has 0 aliphatic carbocycles. The predicted octanol–water partition coefficient (Wildman–Crippen LogP) is 1.45. The molecule has 0 fully saturated rings. The molecule has 17 heavy (non-hydrogen) atoms. The van der Waals surface area contributed by atoms with E-state index < -0.39 is 0 Å². The van der Waals surface area contributed by atoms with Crippen molar-refractivity contribution >= 4 is 10.5 Å². The van der Waals surface area contributed by atoms with Crippen molar-refractivity contribution in [3.63, 3.8) is 0 Å². The van der Waals surface area contributed by atoms with Crippen molar-refractivity contribution < 1.29 is 13.9 Å². The van der Waals surface area contributed by atoms with E-state index >= 15 is 0 Å². The zero-order chi connectivity index (χ0) is 12.7. The van der Waals surface area contributed by atoms with Crippen LogP contribution in [0.4, 0.5) is 0 Å². The molecule has 4 heteroatoms. The number of benzene rings is 1. The van der Waals surface area contributed by atoms with Gasteiger partial charge in [-0.15, -0.1) is 6.58 Å². The lowest BCUT2D eigenvalue weighted by Crippen LogP contribution is -2.26. The maximum atomic E-state index is 5.74. The van der Waals surface area contributed by atoms with Crippen LogP contribution in [0.25, 0.3) is 0 Å². The molecular weight excluding hydrogens is 232 g/mol. The second-order valence-electron chi connectivity index (χ2n) is 3.80. The van der Waals surface area contributed by atoms with E-state index in [-0.39, 0.29) is 12.2 Å². The van der Waals surface area contributed by atoms with Crippen molar-refractivity contribution in [3.8, 4) is 5.75 Å². The van der Waals surface area contributed by atoms with E-state index in [0.717, 1.165) is 11.3 Å². The van der Waals surface area contributed by atoms with Crippen LogP contribution in [0.15, 0.2) is 36.9 Å². The first-order valence-corrected chi connectivity index (χ1v) is 6.42. The Bertz CT molecular complexity index is 337. The second-order valence-corrected chi connectivity index (χ2v) is 4.27. The van der Waals surface area contributed by atoms with Crippen molar-refractivity contribution in [2.75, 3.05) is 7.11 Å². The quantitative estimate of drug-likeness (QED) is 0.543. The van der Waals surface area contributed by atoms with Gasteiger partial charge in [0, 0.05) is 0 Å². The van der Waals surface area contributed by atoms with Crippen LogP contribution in [0.2, 0.25) is 0 Å². The van der Waals surface area contributed by atoms with Gasteiger partial charge in [0.05, 0.1) is 19.8 Å². The first-order valence-electron chi connectivity index (χ1n) is 5.61. The van der Waals surface area contributed by atoms with Crippen molar-refractivity contribution in [1.29, 1.82) is 0 Å². The SMILES string of the molecule is C=CC(OCc1ccc(OC)cc1)C(C)O[SiH3]. The second kappa shape index (κ2) is 7.27. The van der Waals surface area contributed by atoms with Gasteiger partial charge in [-0.25, -0.2) is 0 Å². The summed E-state index contributed by atoms with van der Waals surface area (Å²) < 4.78 is 16.2. The molecule has 0 amide bonds. The van der Waals surface area contributed by atoms with E-state index in [1.54, 1.807) is 13.2 Å². The van der Waals surface area contributed by atoms with Gasteiger partial charge in [0.15, 0.2) is 0 Å². The van der Waals surface area contributed by atoms with E-state index in [0.29, 0.717) is 17.1 Å². The molecule has 94 valence electrons. The van der Waals surface area contributed by atoms with Crippen molar-refractivity contribution in [3.05, 3.63) is 42.5 Å². The Balaban J connectivity index is 2.50. The van der Waals surface area contributed by atoms with Crippen LogP contribution in [-0.4, -0.2) is 29.8 Å². The summed E-state index contributed by atoms with van der Waals surface area (Å²) >= 11 is 0. The van der Waals surface area contributed by atoms with E-state index in [2.05, 4.69) is 6.58 Å². The molecule has 0 saturated heterocycles. The van der Waals surface area contributed by atoms with Gasteiger partial charge in [-0.05, 0) is 24.6 Å². The van der Waals surface area contributed by atoms with Crippen molar-refractivity contribution in [2.45, 2.75) is 25.7 Å². The van der Waals surface area contributed by atoms with Gasteiger partial charge in [0.25, 0.3) is 0 Å². The molecule has 0 saturated carbocycles. The van der Waals surface area contributed by atoms with Gasteiger partial charge in [0.1, 0.15) is 22.3 Å². The van der Waals surface area contributed by atoms with E-state index in [9.17, 15) is 0 Å². The zero-order valence-corrected chi connectivity index (χ0v) is 12.7. The topological polar surface area (TPSA) is 27.7 Å². The van der Waals surface area contributed by atoms with Gasteiger partial charge in [-0.1, -0.05) is 18.2 Å². The van der Waals surface area contributed by atoms with Gasteiger partial charge in [0.2, 0.25) is 0 Å². The van der Waals surface area contributed by atoms with Gasteiger partial charge < -0.3 is 13.9 Å². The standard InChI is InChI=1S/C13H20O3Si/c1-4-13(10(2)16-17)15-9-11-5-7-12(14-3)8-6-11/h4-8,10,13H,1,9H2,2-3,17H3. The van der Waals surface area contributed by atoms with Crippen LogP contribution < -0.4 is 4.74 Å². The van der Waals surface area contributed by atoms with Crippen LogP contribution in [0.3, 0.4) is 0 Å². The summed E-state index contributed by atoms with van der Waals surface area (Å²) in [6, 6.07) is 7.83. The lowest BCUT2D eigenvalue weighted by molar-refractivity contribution is 0.00388. The first-order chi connectivity index (χ1) is 8.21. The molecule has 1 aromatic rings. The van der Waals surface area contributed by atoms with Crippen LogP contribution in [0.5, 0.6) is 5.75 Å². The van der Waals surface area contributed by atoms with Crippen molar-refractivity contribution in [2.24, 2.45) is 0 Å². The minimum Gasteiger partial charge on any atom is -0.497 e. The number of methoxy groups -OCH3 is 1. The maximum absolute atomic E-state index is 5.74. The number of hydrogen-bond acceptors (Lipinski definition) is 3. The van der Waals surface area contributed by atoms with Crippen LogP contribution in [-0.2, 0) is 15.8 Å². The molecule has 0 heterocycles. The highest BCUT2D eigenvalue weighted by Gasteiger charge is 2.12. The van der Waals surface area contributed by atoms with Crippen LogP contribution in [0, 0.1) is 0 Å². The number of ether oxygens (including phenoxy) is 2. The molecule has 0 bridgehead atoms. The van der Waals surface area contributed by atoms with E-state index in [4.69, 9.17) is 13.9 Å². The summed E-state index contributed by atoms with van der Waals surface area (Å²) in [6.45, 7) is 6.31. The Morgan fingerprint density at radius 3 is 2.47 bits per heavy atom. The Morgan fingerprint density at radius 2 is 2.00 bits per heavy atom. The summed E-state index contributed by atoms with van der Waals surface area (Å²) in [5, 5.41) is 0. The molecular formula is C13H20O3Si. The molecule has 0 radical (unpaired) electrons. The van der Waals surface area contributed by atoms with Gasteiger partial charge in [-0.3, -0.25) is 0 Å². The van der Waals surface area contributed by atoms with E-state index in [1.807, 2.05) is 31.2 Å². The molecule has 0 aliphatic rings. The molecule has 2 atom stereocenters. The summed E-state index contributed by atoms with van der Waals surface area (Å²) in [5.74, 6) is 0.852. The normalized spacial score (nSPS) is 14.2. The molecule has 1 aromatic carbocycles. The zero-order valence-electron chi connectivity index (χ0n) is 10.7. The molecule has 0 aliphatic heterocycles. The summed E-state index contributed by atoms with van der Waals surface area (Å²) in [7, 11) is 2.36. The third-order valence-electron chi connectivity index (χ3n) is 2.67. The molecule has 0 spiro atoms. The molecule has 1 rings (SSSR count). The largest absolute Gasteiger partial charge is 0.497 e. The fourth-order valence-electron chi connectivity index (χ4n) is 1.44. The summed E-state index contributed by atoms with van der Waals surface area (Å²) in [4.78, 5) is 0. The summed E-state index contributed by atoms with van der Waals surface area (Å²) in [6.07, 6.45) is 1.79. The highest BCUT2D eigenvalue weighted by molar-refractivity contribution is 5.98. The van der Waals surface area contributed by atoms with Crippen LogP contribution in [0.1, 0.15) is 12.5 Å². The maximum Gasteiger partial charge on any atom is 0.146 e. The third kappa shape index (κ3) is 4.34. The minimum absolute atomic E-state index is 0.0606. The average molecular weight is 252 g/mol. The first kappa shape index (κ1) is 14.0. The fourth-order valence-corrected chi connectivity index (χ4v) is 1.71. The molecule has 2 unspecified atom stereocenters. The van der Waals surface area contributed by atoms with Crippen LogP contribution >= 0.6 is 0 Å². The average Bonchev–Trinajstić information content (AvgIpc) is 2.39. The van der Waals surface area contributed by atoms with Gasteiger partial charge in [-0.2, -0.15) is 0 Å². The third-order valence-corrected chi connectivity index (χ3v) is 3.41. The minimum atomic E-state index is -0.0606. The lowest BCUT2D eigenvalue weighted by atomic mass is 10.2.